The zero-order chi connectivity index (χ0) is 19.8. The van der Waals surface area contributed by atoms with Crippen molar-refractivity contribution in [2.75, 3.05) is 19.7 Å². The van der Waals surface area contributed by atoms with Crippen LogP contribution in [0.5, 0.6) is 5.75 Å². The van der Waals surface area contributed by atoms with E-state index in [4.69, 9.17) is 4.74 Å². The number of amides is 3. The van der Waals surface area contributed by atoms with Gasteiger partial charge in [0.05, 0.1) is 11.5 Å². The molecule has 146 valence electrons. The number of nitro groups is 1. The Morgan fingerprint density at radius 3 is 2.74 bits per heavy atom. The number of nitro benzene ring substituents is 1. The summed E-state index contributed by atoms with van der Waals surface area (Å²) in [5.74, 6) is -1.28. The van der Waals surface area contributed by atoms with E-state index in [9.17, 15) is 24.5 Å². The average Bonchev–Trinajstić information content (AvgIpc) is 2.84. The van der Waals surface area contributed by atoms with Crippen LogP contribution in [0.4, 0.5) is 5.69 Å². The number of hydrazine groups is 1. The van der Waals surface area contributed by atoms with E-state index < -0.39 is 16.7 Å². The highest BCUT2D eigenvalue weighted by molar-refractivity contribution is 5.96. The molecule has 1 aliphatic rings. The first-order chi connectivity index (χ1) is 12.9. The SMILES string of the molecule is CCOc1ccc(C(=O)NNC(=O)CN2CCCCCC2=O)cc1[N+](=O)[O-]. The van der Waals surface area contributed by atoms with Crippen molar-refractivity contribution in [2.24, 2.45) is 0 Å². The van der Waals surface area contributed by atoms with Crippen molar-refractivity contribution < 1.29 is 24.0 Å². The van der Waals surface area contributed by atoms with Gasteiger partial charge in [-0.1, -0.05) is 6.42 Å². The van der Waals surface area contributed by atoms with Gasteiger partial charge in [-0.2, -0.15) is 0 Å². The number of rotatable bonds is 6. The van der Waals surface area contributed by atoms with Gasteiger partial charge in [-0.3, -0.25) is 35.3 Å². The zero-order valence-electron chi connectivity index (χ0n) is 15.0. The predicted molar refractivity (Wildman–Crippen MR) is 94.9 cm³/mol. The third-order valence-electron chi connectivity index (χ3n) is 4.04. The highest BCUT2D eigenvalue weighted by atomic mass is 16.6. The Bertz CT molecular complexity index is 736. The van der Waals surface area contributed by atoms with Crippen molar-refractivity contribution in [3.05, 3.63) is 33.9 Å². The monoisotopic (exact) mass is 378 g/mol. The second-order valence-corrected chi connectivity index (χ2v) is 6.00. The number of ether oxygens (including phenoxy) is 1. The molecule has 1 aromatic carbocycles. The molecule has 0 unspecified atom stereocenters. The number of nitrogens with zero attached hydrogens (tertiary/aromatic N) is 2. The Balaban J connectivity index is 1.94. The predicted octanol–water partition coefficient (Wildman–Crippen LogP) is 1.16. The topological polar surface area (TPSA) is 131 Å². The molecule has 1 aliphatic heterocycles. The summed E-state index contributed by atoms with van der Waals surface area (Å²) in [4.78, 5) is 47.9. The van der Waals surface area contributed by atoms with E-state index in [-0.39, 0.29) is 36.1 Å². The first kappa shape index (κ1) is 20.1. The van der Waals surface area contributed by atoms with E-state index in [0.29, 0.717) is 13.0 Å². The standard InChI is InChI=1S/C17H22N4O6/c1-2-27-14-8-7-12(10-13(14)21(25)26)17(24)19-18-15(22)11-20-9-5-3-4-6-16(20)23/h7-8,10H,2-6,9,11H2,1H3,(H,18,22)(H,19,24). The number of hydrogen-bond acceptors (Lipinski definition) is 6. The highest BCUT2D eigenvalue weighted by Crippen LogP contribution is 2.27. The molecule has 0 atom stereocenters. The Kier molecular flexibility index (Phi) is 7.09. The van der Waals surface area contributed by atoms with Gasteiger partial charge in [0.15, 0.2) is 5.75 Å². The van der Waals surface area contributed by atoms with Gasteiger partial charge < -0.3 is 9.64 Å². The minimum atomic E-state index is -0.711. The lowest BCUT2D eigenvalue weighted by molar-refractivity contribution is -0.385. The molecule has 1 aromatic rings. The molecule has 0 bridgehead atoms. The van der Waals surface area contributed by atoms with Crippen LogP contribution in [-0.2, 0) is 9.59 Å². The van der Waals surface area contributed by atoms with Gasteiger partial charge in [-0.25, -0.2) is 0 Å². The summed E-state index contributed by atoms with van der Waals surface area (Å²) < 4.78 is 5.16. The fraction of sp³-hybridized carbons (Fsp3) is 0.471. The van der Waals surface area contributed by atoms with Crippen LogP contribution in [0.2, 0.25) is 0 Å². The summed E-state index contributed by atoms with van der Waals surface area (Å²) in [6.45, 7) is 2.29. The van der Waals surface area contributed by atoms with Crippen molar-refractivity contribution in [3.8, 4) is 5.75 Å². The number of carbonyl (C=O) groups excluding carboxylic acids is 3. The molecule has 1 saturated heterocycles. The summed E-state index contributed by atoms with van der Waals surface area (Å²) >= 11 is 0. The van der Waals surface area contributed by atoms with E-state index in [1.165, 1.54) is 17.0 Å². The number of likely N-dealkylation sites (tertiary alicyclic amines) is 1. The molecule has 27 heavy (non-hydrogen) atoms. The first-order valence-corrected chi connectivity index (χ1v) is 8.70. The molecule has 2 rings (SSSR count). The van der Waals surface area contributed by atoms with Gasteiger partial charge in [0, 0.05) is 24.6 Å². The lowest BCUT2D eigenvalue weighted by Gasteiger charge is -2.19. The summed E-state index contributed by atoms with van der Waals surface area (Å²) in [6, 6.07) is 3.76. The van der Waals surface area contributed by atoms with Crippen LogP contribution in [0.1, 0.15) is 43.0 Å². The molecule has 1 heterocycles. The third kappa shape index (κ3) is 5.66. The van der Waals surface area contributed by atoms with Gasteiger partial charge in [0.2, 0.25) is 5.91 Å². The largest absolute Gasteiger partial charge is 0.487 e. The fourth-order valence-electron chi connectivity index (χ4n) is 2.70. The van der Waals surface area contributed by atoms with Crippen molar-refractivity contribution in [1.82, 2.24) is 15.8 Å². The van der Waals surface area contributed by atoms with Gasteiger partial charge in [-0.15, -0.1) is 0 Å². The average molecular weight is 378 g/mol. The third-order valence-corrected chi connectivity index (χ3v) is 4.04. The Morgan fingerprint density at radius 1 is 1.26 bits per heavy atom. The van der Waals surface area contributed by atoms with Crippen LogP contribution >= 0.6 is 0 Å². The van der Waals surface area contributed by atoms with Crippen LogP contribution in [0.25, 0.3) is 0 Å². The summed E-state index contributed by atoms with van der Waals surface area (Å²) in [5.41, 5.74) is 4.08. The van der Waals surface area contributed by atoms with E-state index >= 15 is 0 Å². The number of benzene rings is 1. The summed E-state index contributed by atoms with van der Waals surface area (Å²) in [5, 5.41) is 11.1. The molecular weight excluding hydrogens is 356 g/mol. The first-order valence-electron chi connectivity index (χ1n) is 8.70. The van der Waals surface area contributed by atoms with E-state index in [1.54, 1.807) is 6.92 Å². The molecule has 0 aromatic heterocycles. The van der Waals surface area contributed by atoms with Gasteiger partial charge >= 0.3 is 5.69 Å². The van der Waals surface area contributed by atoms with E-state index in [2.05, 4.69) is 10.9 Å². The van der Waals surface area contributed by atoms with Crippen molar-refractivity contribution in [1.29, 1.82) is 0 Å². The smallest absolute Gasteiger partial charge is 0.311 e. The molecule has 0 saturated carbocycles. The molecule has 1 fully saturated rings. The summed E-state index contributed by atoms with van der Waals surface area (Å²) in [7, 11) is 0. The molecule has 3 amide bonds. The molecule has 0 radical (unpaired) electrons. The lowest BCUT2D eigenvalue weighted by Crippen LogP contribution is -2.47. The number of nitrogens with one attached hydrogen (secondary N) is 2. The Labute approximate surface area is 156 Å². The van der Waals surface area contributed by atoms with Gasteiger partial charge in [-0.05, 0) is 31.9 Å². The molecular formula is C17H22N4O6. The van der Waals surface area contributed by atoms with Crippen LogP contribution in [0, 0.1) is 10.1 Å². The molecule has 0 spiro atoms. The van der Waals surface area contributed by atoms with Gasteiger partial charge in [0.1, 0.15) is 6.54 Å². The maximum atomic E-state index is 12.1. The zero-order valence-corrected chi connectivity index (χ0v) is 15.0. The maximum absolute atomic E-state index is 12.1. The van der Waals surface area contributed by atoms with Crippen molar-refractivity contribution in [2.45, 2.75) is 32.6 Å². The van der Waals surface area contributed by atoms with Gasteiger partial charge in [0.25, 0.3) is 11.8 Å². The lowest BCUT2D eigenvalue weighted by atomic mass is 10.2. The van der Waals surface area contributed by atoms with Crippen molar-refractivity contribution >= 4 is 23.4 Å². The second-order valence-electron chi connectivity index (χ2n) is 6.00. The van der Waals surface area contributed by atoms with E-state index in [0.717, 1.165) is 25.3 Å². The minimum Gasteiger partial charge on any atom is -0.487 e. The van der Waals surface area contributed by atoms with Crippen LogP contribution in [0.3, 0.4) is 0 Å². The molecule has 10 heteroatoms. The van der Waals surface area contributed by atoms with Crippen LogP contribution in [-0.4, -0.2) is 47.2 Å². The van der Waals surface area contributed by atoms with Crippen LogP contribution in [0.15, 0.2) is 18.2 Å². The second kappa shape index (κ2) is 9.51. The van der Waals surface area contributed by atoms with Crippen molar-refractivity contribution in [3.63, 3.8) is 0 Å². The number of carbonyl (C=O) groups is 3. The Morgan fingerprint density at radius 2 is 2.04 bits per heavy atom. The number of hydrogen-bond donors (Lipinski definition) is 2. The maximum Gasteiger partial charge on any atom is 0.311 e. The minimum absolute atomic E-state index is 0.00342. The Hall–Kier alpha value is -3.17. The quantitative estimate of drug-likeness (QED) is 0.564. The molecule has 0 aliphatic carbocycles. The summed E-state index contributed by atoms with van der Waals surface area (Å²) in [6.07, 6.45) is 3.00. The molecule has 2 N–H and O–H groups in total. The fourth-order valence-corrected chi connectivity index (χ4v) is 2.70. The van der Waals surface area contributed by atoms with E-state index in [1.807, 2.05) is 0 Å². The normalized spacial score (nSPS) is 14.3. The highest BCUT2D eigenvalue weighted by Gasteiger charge is 2.21. The van der Waals surface area contributed by atoms with Crippen LogP contribution < -0.4 is 15.6 Å². The molecule has 10 nitrogen and oxygen atoms in total.